The van der Waals surface area contributed by atoms with Crippen molar-refractivity contribution >= 4 is 35.4 Å². The topological polar surface area (TPSA) is 58.2 Å². The molecule has 3 rings (SSSR count). The summed E-state index contributed by atoms with van der Waals surface area (Å²) in [5, 5.41) is 8.14. The minimum absolute atomic E-state index is 0. The summed E-state index contributed by atoms with van der Waals surface area (Å²) in [5.41, 5.74) is 0.903. The molecule has 2 aromatic rings. The second kappa shape index (κ2) is 8.24. The molecule has 1 aliphatic rings. The van der Waals surface area contributed by atoms with Crippen molar-refractivity contribution in [3.05, 3.63) is 57.8 Å². The summed E-state index contributed by atoms with van der Waals surface area (Å²) in [6.45, 7) is 1.61. The van der Waals surface area contributed by atoms with E-state index >= 15 is 0 Å². The SMILES string of the molecule is Cl.O=C(NCC1CCCN1)c1ccccc1C(=O)c1cccs1. The van der Waals surface area contributed by atoms with Crippen LogP contribution in [-0.2, 0) is 0 Å². The fourth-order valence-corrected chi connectivity index (χ4v) is 3.34. The Morgan fingerprint density at radius 3 is 2.61 bits per heavy atom. The standard InChI is InChI=1S/C17H18N2O2S.ClH/c20-16(15-8-4-10-22-15)13-6-1-2-7-14(13)17(21)19-11-12-5-3-9-18-12;/h1-2,4,6-8,10,12,18H,3,5,9,11H2,(H,19,21);1H. The molecular formula is C17H19ClN2O2S. The Hall–Kier alpha value is -1.69. The summed E-state index contributed by atoms with van der Waals surface area (Å²) in [6, 6.07) is 11.0. The molecule has 122 valence electrons. The molecule has 2 N–H and O–H groups in total. The molecule has 2 heterocycles. The van der Waals surface area contributed by atoms with Crippen LogP contribution >= 0.6 is 23.7 Å². The Morgan fingerprint density at radius 1 is 1.17 bits per heavy atom. The third-order valence-corrected chi connectivity index (χ3v) is 4.70. The molecule has 1 aromatic carbocycles. The largest absolute Gasteiger partial charge is 0.350 e. The van der Waals surface area contributed by atoms with Gasteiger partial charge >= 0.3 is 0 Å². The number of hydrogen-bond donors (Lipinski definition) is 2. The van der Waals surface area contributed by atoms with Crippen molar-refractivity contribution in [1.29, 1.82) is 0 Å². The lowest BCUT2D eigenvalue weighted by Gasteiger charge is -2.13. The molecule has 1 atom stereocenters. The van der Waals surface area contributed by atoms with Crippen LogP contribution in [0.3, 0.4) is 0 Å². The minimum atomic E-state index is -0.186. The molecule has 0 saturated carbocycles. The number of benzene rings is 1. The number of carbonyl (C=O) groups excluding carboxylic acids is 2. The van der Waals surface area contributed by atoms with Crippen LogP contribution in [0.4, 0.5) is 0 Å². The number of carbonyl (C=O) groups is 2. The van der Waals surface area contributed by atoms with Gasteiger partial charge in [-0.2, -0.15) is 0 Å². The van der Waals surface area contributed by atoms with Crippen molar-refractivity contribution in [2.24, 2.45) is 0 Å². The molecule has 0 radical (unpaired) electrons. The Balaban J connectivity index is 0.00000192. The predicted molar refractivity (Wildman–Crippen MR) is 94.8 cm³/mol. The van der Waals surface area contributed by atoms with Crippen molar-refractivity contribution in [2.45, 2.75) is 18.9 Å². The maximum Gasteiger partial charge on any atom is 0.252 e. The van der Waals surface area contributed by atoms with E-state index in [4.69, 9.17) is 0 Å². The van der Waals surface area contributed by atoms with Crippen LogP contribution < -0.4 is 10.6 Å². The van der Waals surface area contributed by atoms with Gasteiger partial charge in [0.25, 0.3) is 5.91 Å². The van der Waals surface area contributed by atoms with Gasteiger partial charge in [0.05, 0.1) is 10.4 Å². The summed E-state index contributed by atoms with van der Waals surface area (Å²) in [4.78, 5) is 25.6. The third-order valence-electron chi connectivity index (χ3n) is 3.83. The summed E-state index contributed by atoms with van der Waals surface area (Å²) in [7, 11) is 0. The molecule has 4 nitrogen and oxygen atoms in total. The third kappa shape index (κ3) is 4.19. The second-order valence-electron chi connectivity index (χ2n) is 5.36. The van der Waals surface area contributed by atoms with Gasteiger partial charge in [0.1, 0.15) is 0 Å². The molecule has 23 heavy (non-hydrogen) atoms. The van der Waals surface area contributed by atoms with Crippen molar-refractivity contribution < 1.29 is 9.59 Å². The maximum absolute atomic E-state index is 12.5. The van der Waals surface area contributed by atoms with Crippen LogP contribution in [-0.4, -0.2) is 30.8 Å². The van der Waals surface area contributed by atoms with E-state index in [9.17, 15) is 9.59 Å². The zero-order chi connectivity index (χ0) is 15.4. The molecule has 1 saturated heterocycles. The number of thiophene rings is 1. The lowest BCUT2D eigenvalue weighted by molar-refractivity contribution is 0.0939. The van der Waals surface area contributed by atoms with Gasteiger partial charge in [0.15, 0.2) is 0 Å². The summed E-state index contributed by atoms with van der Waals surface area (Å²) < 4.78 is 0. The van der Waals surface area contributed by atoms with Gasteiger partial charge in [-0.25, -0.2) is 0 Å². The smallest absolute Gasteiger partial charge is 0.252 e. The second-order valence-corrected chi connectivity index (χ2v) is 6.30. The Bertz CT molecular complexity index is 667. The Labute approximate surface area is 145 Å². The van der Waals surface area contributed by atoms with Crippen molar-refractivity contribution in [3.8, 4) is 0 Å². The highest BCUT2D eigenvalue weighted by atomic mass is 35.5. The van der Waals surface area contributed by atoms with Crippen molar-refractivity contribution in [2.75, 3.05) is 13.1 Å². The van der Waals surface area contributed by atoms with Crippen LogP contribution in [0, 0.1) is 0 Å². The molecule has 1 amide bonds. The van der Waals surface area contributed by atoms with Gasteiger partial charge in [-0.1, -0.05) is 24.3 Å². The number of nitrogens with one attached hydrogen (secondary N) is 2. The van der Waals surface area contributed by atoms with Crippen LogP contribution in [0.5, 0.6) is 0 Å². The first-order valence-electron chi connectivity index (χ1n) is 7.44. The fraction of sp³-hybridized carbons (Fsp3) is 0.294. The van der Waals surface area contributed by atoms with E-state index in [0.717, 1.165) is 19.4 Å². The van der Waals surface area contributed by atoms with Gasteiger partial charge in [-0.05, 0) is 36.9 Å². The van der Waals surface area contributed by atoms with Crippen LogP contribution in [0.1, 0.15) is 38.4 Å². The van der Waals surface area contributed by atoms with E-state index in [1.165, 1.54) is 11.3 Å². The maximum atomic E-state index is 12.5. The number of rotatable bonds is 5. The van der Waals surface area contributed by atoms with Gasteiger partial charge in [0, 0.05) is 18.2 Å². The summed E-state index contributed by atoms with van der Waals surface area (Å²) >= 11 is 1.39. The van der Waals surface area contributed by atoms with Crippen LogP contribution in [0.25, 0.3) is 0 Å². The van der Waals surface area contributed by atoms with E-state index in [-0.39, 0.29) is 24.1 Å². The van der Waals surface area contributed by atoms with Crippen molar-refractivity contribution in [1.82, 2.24) is 10.6 Å². The average molecular weight is 351 g/mol. The van der Waals surface area contributed by atoms with Gasteiger partial charge in [-0.15, -0.1) is 23.7 Å². The van der Waals surface area contributed by atoms with E-state index < -0.39 is 0 Å². The first-order valence-corrected chi connectivity index (χ1v) is 8.32. The highest BCUT2D eigenvalue weighted by molar-refractivity contribution is 7.12. The quantitative estimate of drug-likeness (QED) is 0.815. The number of amides is 1. The summed E-state index contributed by atoms with van der Waals surface area (Å²) in [6.07, 6.45) is 2.23. The highest BCUT2D eigenvalue weighted by Crippen LogP contribution is 2.18. The van der Waals surface area contributed by atoms with E-state index in [1.54, 1.807) is 30.3 Å². The van der Waals surface area contributed by atoms with E-state index in [2.05, 4.69) is 10.6 Å². The minimum Gasteiger partial charge on any atom is -0.350 e. The van der Waals surface area contributed by atoms with Crippen LogP contribution in [0.2, 0.25) is 0 Å². The fourth-order valence-electron chi connectivity index (χ4n) is 2.66. The summed E-state index contributed by atoms with van der Waals surface area (Å²) in [5.74, 6) is -0.283. The molecule has 1 aromatic heterocycles. The van der Waals surface area contributed by atoms with Crippen molar-refractivity contribution in [3.63, 3.8) is 0 Å². The molecule has 6 heteroatoms. The van der Waals surface area contributed by atoms with Crippen LogP contribution in [0.15, 0.2) is 41.8 Å². The number of ketones is 1. The lowest BCUT2D eigenvalue weighted by atomic mass is 10.0. The number of halogens is 1. The highest BCUT2D eigenvalue weighted by Gasteiger charge is 2.20. The molecule has 1 unspecified atom stereocenters. The number of hydrogen-bond acceptors (Lipinski definition) is 4. The first kappa shape index (κ1) is 17.7. The Kier molecular flexibility index (Phi) is 6.33. The molecular weight excluding hydrogens is 332 g/mol. The monoisotopic (exact) mass is 350 g/mol. The average Bonchev–Trinajstić information content (AvgIpc) is 3.25. The lowest BCUT2D eigenvalue weighted by Crippen LogP contribution is -2.37. The Morgan fingerprint density at radius 2 is 1.96 bits per heavy atom. The van der Waals surface area contributed by atoms with E-state index in [1.807, 2.05) is 11.4 Å². The predicted octanol–water partition coefficient (Wildman–Crippen LogP) is 2.88. The van der Waals surface area contributed by atoms with Gasteiger partial charge in [-0.3, -0.25) is 9.59 Å². The first-order chi connectivity index (χ1) is 10.8. The van der Waals surface area contributed by atoms with Gasteiger partial charge < -0.3 is 10.6 Å². The molecule has 0 bridgehead atoms. The van der Waals surface area contributed by atoms with E-state index in [0.29, 0.717) is 28.6 Å². The zero-order valence-corrected chi connectivity index (χ0v) is 14.2. The molecule has 1 aliphatic heterocycles. The van der Waals surface area contributed by atoms with Gasteiger partial charge in [0.2, 0.25) is 5.78 Å². The molecule has 1 fully saturated rings. The molecule has 0 aliphatic carbocycles. The molecule has 0 spiro atoms. The normalized spacial score (nSPS) is 16.6. The zero-order valence-electron chi connectivity index (χ0n) is 12.6.